The lowest BCUT2D eigenvalue weighted by atomic mass is 10.0. The molecular weight excluding hydrogens is 316 g/mol. The van der Waals surface area contributed by atoms with Gasteiger partial charge in [0.05, 0.1) is 7.11 Å². The van der Waals surface area contributed by atoms with Crippen molar-refractivity contribution in [2.75, 3.05) is 20.2 Å². The Bertz CT molecular complexity index is 713. The number of hydrogen-bond acceptors (Lipinski definition) is 5. The van der Waals surface area contributed by atoms with Crippen LogP contribution in [0.4, 0.5) is 0 Å². The average molecular weight is 340 g/mol. The van der Waals surface area contributed by atoms with Crippen LogP contribution in [0.15, 0.2) is 36.5 Å². The minimum absolute atomic E-state index is 0.168. The second-order valence-corrected chi connectivity index (χ2v) is 6.35. The highest BCUT2D eigenvalue weighted by Crippen LogP contribution is 2.17. The minimum Gasteiger partial charge on any atom is -0.480 e. The lowest BCUT2D eigenvalue weighted by molar-refractivity contribution is 0.0904. The molecule has 0 unspecified atom stereocenters. The zero-order valence-electron chi connectivity index (χ0n) is 14.7. The van der Waals surface area contributed by atoms with Gasteiger partial charge in [-0.25, -0.2) is 4.98 Å². The van der Waals surface area contributed by atoms with Gasteiger partial charge in [0.1, 0.15) is 11.4 Å². The average Bonchev–Trinajstić information content (AvgIpc) is 2.64. The smallest absolute Gasteiger partial charge is 0.258 e. The first kappa shape index (κ1) is 17.4. The number of ether oxygens (including phenoxy) is 1. The van der Waals surface area contributed by atoms with Gasteiger partial charge in [0.2, 0.25) is 5.88 Å². The molecule has 0 aliphatic carbocycles. The van der Waals surface area contributed by atoms with Crippen LogP contribution in [0.5, 0.6) is 5.88 Å². The quantitative estimate of drug-likeness (QED) is 0.904. The molecule has 1 aliphatic rings. The SMILES string of the molecule is COc1nc(C)ncc1C(=O)NC1CCN(Cc2ccccc2)CC1. The van der Waals surface area contributed by atoms with Crippen molar-refractivity contribution in [1.82, 2.24) is 20.2 Å². The van der Waals surface area contributed by atoms with Crippen molar-refractivity contribution in [2.45, 2.75) is 32.4 Å². The Labute approximate surface area is 148 Å². The number of benzene rings is 1. The summed E-state index contributed by atoms with van der Waals surface area (Å²) in [5.74, 6) is 0.743. The number of methoxy groups -OCH3 is 1. The Morgan fingerprint density at radius 1 is 1.28 bits per heavy atom. The fourth-order valence-corrected chi connectivity index (χ4v) is 3.10. The van der Waals surface area contributed by atoms with E-state index in [0.29, 0.717) is 17.3 Å². The van der Waals surface area contributed by atoms with Crippen LogP contribution in [0.2, 0.25) is 0 Å². The molecule has 0 atom stereocenters. The van der Waals surface area contributed by atoms with E-state index in [1.165, 1.54) is 18.9 Å². The van der Waals surface area contributed by atoms with Gasteiger partial charge in [-0.15, -0.1) is 0 Å². The first-order valence-electron chi connectivity index (χ1n) is 8.60. The second kappa shape index (κ2) is 8.07. The molecule has 1 aromatic carbocycles. The van der Waals surface area contributed by atoms with E-state index in [0.717, 1.165) is 32.5 Å². The Morgan fingerprint density at radius 3 is 2.68 bits per heavy atom. The lowest BCUT2D eigenvalue weighted by Crippen LogP contribution is -2.44. The van der Waals surface area contributed by atoms with Gasteiger partial charge in [-0.05, 0) is 25.3 Å². The van der Waals surface area contributed by atoms with Gasteiger partial charge < -0.3 is 10.1 Å². The number of carbonyl (C=O) groups excluding carboxylic acids is 1. The number of nitrogens with one attached hydrogen (secondary N) is 1. The van der Waals surface area contributed by atoms with Crippen LogP contribution in [-0.4, -0.2) is 47.0 Å². The summed E-state index contributed by atoms with van der Waals surface area (Å²) in [6.45, 7) is 4.68. The molecule has 6 nitrogen and oxygen atoms in total. The number of nitrogens with zero attached hydrogens (tertiary/aromatic N) is 3. The normalized spacial score (nSPS) is 15.8. The monoisotopic (exact) mass is 340 g/mol. The van der Waals surface area contributed by atoms with Crippen molar-refractivity contribution in [3.63, 3.8) is 0 Å². The molecular formula is C19H24N4O2. The van der Waals surface area contributed by atoms with Crippen LogP contribution in [0, 0.1) is 6.92 Å². The molecule has 3 rings (SSSR count). The van der Waals surface area contributed by atoms with Gasteiger partial charge >= 0.3 is 0 Å². The second-order valence-electron chi connectivity index (χ2n) is 6.35. The van der Waals surface area contributed by atoms with Crippen LogP contribution in [0.25, 0.3) is 0 Å². The molecule has 1 saturated heterocycles. The van der Waals surface area contributed by atoms with Crippen LogP contribution < -0.4 is 10.1 Å². The maximum absolute atomic E-state index is 12.5. The summed E-state index contributed by atoms with van der Waals surface area (Å²) in [6, 6.07) is 10.6. The molecule has 2 aromatic rings. The Kier molecular flexibility index (Phi) is 5.60. The minimum atomic E-state index is -0.168. The highest BCUT2D eigenvalue weighted by Gasteiger charge is 2.23. The highest BCUT2D eigenvalue weighted by atomic mass is 16.5. The molecule has 1 fully saturated rings. The lowest BCUT2D eigenvalue weighted by Gasteiger charge is -2.32. The maximum Gasteiger partial charge on any atom is 0.258 e. The number of hydrogen-bond donors (Lipinski definition) is 1. The highest BCUT2D eigenvalue weighted by molar-refractivity contribution is 5.96. The van der Waals surface area contributed by atoms with Gasteiger partial charge in [-0.1, -0.05) is 30.3 Å². The first-order chi connectivity index (χ1) is 12.2. The Hall–Kier alpha value is -2.47. The maximum atomic E-state index is 12.5. The van der Waals surface area contributed by atoms with Crippen LogP contribution >= 0.6 is 0 Å². The molecule has 25 heavy (non-hydrogen) atoms. The van der Waals surface area contributed by atoms with Crippen molar-refractivity contribution in [3.8, 4) is 5.88 Å². The van der Waals surface area contributed by atoms with Gasteiger partial charge in [0.15, 0.2) is 0 Å². The molecule has 1 N–H and O–H groups in total. The largest absolute Gasteiger partial charge is 0.480 e. The van der Waals surface area contributed by atoms with Crippen LogP contribution in [0.3, 0.4) is 0 Å². The Balaban J connectivity index is 1.53. The zero-order valence-corrected chi connectivity index (χ0v) is 14.7. The predicted molar refractivity (Wildman–Crippen MR) is 95.5 cm³/mol. The van der Waals surface area contributed by atoms with E-state index in [-0.39, 0.29) is 11.9 Å². The molecule has 6 heteroatoms. The zero-order chi connectivity index (χ0) is 17.6. The van der Waals surface area contributed by atoms with E-state index in [1.54, 1.807) is 6.92 Å². The van der Waals surface area contributed by atoms with Crippen molar-refractivity contribution in [3.05, 3.63) is 53.5 Å². The summed E-state index contributed by atoms with van der Waals surface area (Å²) < 4.78 is 5.20. The summed E-state index contributed by atoms with van der Waals surface area (Å²) in [4.78, 5) is 23.2. The van der Waals surface area contributed by atoms with Crippen LogP contribution in [-0.2, 0) is 6.54 Å². The van der Waals surface area contributed by atoms with Gasteiger partial charge in [0.25, 0.3) is 5.91 Å². The van der Waals surface area contributed by atoms with Crippen molar-refractivity contribution in [2.24, 2.45) is 0 Å². The number of amides is 1. The van der Waals surface area contributed by atoms with E-state index < -0.39 is 0 Å². The topological polar surface area (TPSA) is 67.3 Å². The summed E-state index contributed by atoms with van der Waals surface area (Å²) in [7, 11) is 1.51. The standard InChI is InChI=1S/C19H24N4O2/c1-14-20-12-17(19(21-14)25-2)18(24)22-16-8-10-23(11-9-16)13-15-6-4-3-5-7-15/h3-7,12,16H,8-11,13H2,1-2H3,(H,22,24). The van der Waals surface area contributed by atoms with Crippen molar-refractivity contribution >= 4 is 5.91 Å². The number of aromatic nitrogens is 2. The third kappa shape index (κ3) is 4.54. The molecule has 0 radical (unpaired) electrons. The predicted octanol–water partition coefficient (Wildman–Crippen LogP) is 2.19. The third-order valence-corrected chi connectivity index (χ3v) is 4.48. The van der Waals surface area contributed by atoms with Crippen LogP contribution in [0.1, 0.15) is 34.6 Å². The number of carbonyl (C=O) groups is 1. The first-order valence-corrected chi connectivity index (χ1v) is 8.60. The fraction of sp³-hybridized carbons (Fsp3) is 0.421. The van der Waals surface area contributed by atoms with E-state index in [1.807, 2.05) is 6.07 Å². The molecule has 1 aliphatic heterocycles. The number of rotatable bonds is 5. The molecule has 2 heterocycles. The summed E-state index contributed by atoms with van der Waals surface area (Å²) >= 11 is 0. The van der Waals surface area contributed by atoms with Crippen molar-refractivity contribution in [1.29, 1.82) is 0 Å². The van der Waals surface area contributed by atoms with E-state index in [2.05, 4.69) is 44.5 Å². The summed E-state index contributed by atoms with van der Waals surface area (Å²) in [6.07, 6.45) is 3.41. The summed E-state index contributed by atoms with van der Waals surface area (Å²) in [5, 5.41) is 3.09. The van der Waals surface area contributed by atoms with E-state index in [4.69, 9.17) is 4.74 Å². The van der Waals surface area contributed by atoms with Gasteiger partial charge in [-0.2, -0.15) is 4.98 Å². The molecule has 1 aromatic heterocycles. The molecule has 132 valence electrons. The molecule has 0 saturated carbocycles. The Morgan fingerprint density at radius 2 is 2.00 bits per heavy atom. The molecule has 0 spiro atoms. The molecule has 1 amide bonds. The number of piperidine rings is 1. The number of aryl methyl sites for hydroxylation is 1. The fourth-order valence-electron chi connectivity index (χ4n) is 3.10. The number of likely N-dealkylation sites (tertiary alicyclic amines) is 1. The van der Waals surface area contributed by atoms with E-state index in [9.17, 15) is 4.79 Å². The third-order valence-electron chi connectivity index (χ3n) is 4.48. The van der Waals surface area contributed by atoms with Gasteiger partial charge in [-0.3, -0.25) is 9.69 Å². The van der Waals surface area contributed by atoms with Crippen molar-refractivity contribution < 1.29 is 9.53 Å². The van der Waals surface area contributed by atoms with E-state index >= 15 is 0 Å². The summed E-state index contributed by atoms with van der Waals surface area (Å²) in [5.41, 5.74) is 1.71. The molecule has 0 bridgehead atoms. The van der Waals surface area contributed by atoms with Gasteiger partial charge in [0, 0.05) is 31.9 Å².